The van der Waals surface area contributed by atoms with Crippen molar-refractivity contribution in [1.82, 2.24) is 10.3 Å². The van der Waals surface area contributed by atoms with Gasteiger partial charge in [0.1, 0.15) is 0 Å². The van der Waals surface area contributed by atoms with Gasteiger partial charge in [-0.05, 0) is 63.0 Å². The molecule has 1 saturated heterocycles. The minimum absolute atomic E-state index is 0.0446. The second kappa shape index (κ2) is 6.63. The van der Waals surface area contributed by atoms with Gasteiger partial charge in [-0.15, -0.1) is 0 Å². The smallest absolute Gasteiger partial charge is 0.0656 e. The Kier molecular flexibility index (Phi) is 5.32. The van der Waals surface area contributed by atoms with E-state index in [2.05, 4.69) is 24.2 Å². The van der Waals surface area contributed by atoms with Gasteiger partial charge in [-0.2, -0.15) is 0 Å². The number of hydrogen-bond acceptors (Lipinski definition) is 3. The summed E-state index contributed by atoms with van der Waals surface area (Å²) in [4.78, 5) is 2.51. The maximum atomic E-state index is 6.37. The molecule has 5 heteroatoms. The Bertz CT molecular complexity index is 460. The minimum Gasteiger partial charge on any atom is -0.296 e. The van der Waals surface area contributed by atoms with Gasteiger partial charge in [0.15, 0.2) is 0 Å². The van der Waals surface area contributed by atoms with Gasteiger partial charge in [-0.3, -0.25) is 16.2 Å². The minimum atomic E-state index is -0.0699. The van der Waals surface area contributed by atoms with Crippen molar-refractivity contribution in [2.24, 2.45) is 5.84 Å². The molecule has 3 nitrogen and oxygen atoms in total. The second-order valence-corrected chi connectivity index (χ2v) is 6.51. The summed E-state index contributed by atoms with van der Waals surface area (Å²) in [6.45, 7) is 6.67. The summed E-state index contributed by atoms with van der Waals surface area (Å²) in [7, 11) is 0. The standard InChI is InChI=1S/C15H23Cl2N3/c1-3-15(2,20-8-4-5-9-20)14(19-18)12-10-11(16)6-7-13(12)17/h6-7,10,14,19H,3-5,8-9,18H2,1-2H3. The predicted octanol–water partition coefficient (Wildman–Crippen LogP) is 3.76. The number of nitrogens with two attached hydrogens (primary N) is 1. The van der Waals surface area contributed by atoms with Crippen molar-refractivity contribution in [3.8, 4) is 0 Å². The SMILES string of the molecule is CCC(C)(C(NN)c1cc(Cl)ccc1Cl)N1CCCC1. The average Bonchev–Trinajstić information content (AvgIpc) is 2.97. The third kappa shape index (κ3) is 2.97. The van der Waals surface area contributed by atoms with Gasteiger partial charge < -0.3 is 0 Å². The van der Waals surface area contributed by atoms with E-state index in [0.717, 1.165) is 25.1 Å². The van der Waals surface area contributed by atoms with E-state index in [1.54, 1.807) is 6.07 Å². The number of hydrogen-bond donors (Lipinski definition) is 2. The molecule has 0 radical (unpaired) electrons. The summed E-state index contributed by atoms with van der Waals surface area (Å²) < 4.78 is 0. The Morgan fingerprint density at radius 1 is 1.35 bits per heavy atom. The molecule has 20 heavy (non-hydrogen) atoms. The molecule has 0 spiro atoms. The van der Waals surface area contributed by atoms with Gasteiger partial charge in [0.2, 0.25) is 0 Å². The lowest BCUT2D eigenvalue weighted by Gasteiger charge is -2.44. The molecule has 0 aliphatic carbocycles. The van der Waals surface area contributed by atoms with Crippen LogP contribution in [0.5, 0.6) is 0 Å². The number of rotatable bonds is 5. The van der Waals surface area contributed by atoms with Gasteiger partial charge >= 0.3 is 0 Å². The normalized spacial score (nSPS) is 20.9. The van der Waals surface area contributed by atoms with E-state index in [9.17, 15) is 0 Å². The first-order valence-corrected chi connectivity index (χ1v) is 7.94. The molecule has 1 aromatic carbocycles. The van der Waals surface area contributed by atoms with Crippen LogP contribution in [0.3, 0.4) is 0 Å². The number of halogens is 2. The quantitative estimate of drug-likeness (QED) is 0.642. The van der Waals surface area contributed by atoms with Crippen LogP contribution in [0.4, 0.5) is 0 Å². The predicted molar refractivity (Wildman–Crippen MR) is 86.0 cm³/mol. The first-order valence-electron chi connectivity index (χ1n) is 7.19. The molecule has 1 aromatic rings. The summed E-state index contributed by atoms with van der Waals surface area (Å²) in [6.07, 6.45) is 3.48. The maximum Gasteiger partial charge on any atom is 0.0656 e. The second-order valence-electron chi connectivity index (χ2n) is 5.67. The first-order chi connectivity index (χ1) is 9.52. The molecule has 0 amide bonds. The largest absolute Gasteiger partial charge is 0.296 e. The van der Waals surface area contributed by atoms with E-state index in [1.165, 1.54) is 12.8 Å². The number of benzene rings is 1. The Morgan fingerprint density at radius 3 is 2.55 bits per heavy atom. The van der Waals surface area contributed by atoms with Crippen LogP contribution in [0.15, 0.2) is 18.2 Å². The van der Waals surface area contributed by atoms with Crippen molar-refractivity contribution in [3.63, 3.8) is 0 Å². The van der Waals surface area contributed by atoms with E-state index >= 15 is 0 Å². The Morgan fingerprint density at radius 2 is 2.00 bits per heavy atom. The molecule has 112 valence electrons. The van der Waals surface area contributed by atoms with E-state index in [-0.39, 0.29) is 11.6 Å². The summed E-state index contributed by atoms with van der Waals surface area (Å²) in [5.41, 5.74) is 3.87. The molecule has 1 fully saturated rings. The molecular formula is C15H23Cl2N3. The van der Waals surface area contributed by atoms with E-state index in [1.807, 2.05) is 12.1 Å². The fourth-order valence-corrected chi connectivity index (χ4v) is 3.59. The summed E-state index contributed by atoms with van der Waals surface area (Å²) in [5.74, 6) is 5.87. The van der Waals surface area contributed by atoms with Crippen molar-refractivity contribution >= 4 is 23.2 Å². The molecule has 2 atom stereocenters. The zero-order valence-electron chi connectivity index (χ0n) is 12.1. The zero-order valence-corrected chi connectivity index (χ0v) is 13.6. The lowest BCUT2D eigenvalue weighted by atomic mass is 9.83. The monoisotopic (exact) mass is 315 g/mol. The highest BCUT2D eigenvalue weighted by Gasteiger charge is 2.40. The van der Waals surface area contributed by atoms with Crippen LogP contribution in [0, 0.1) is 0 Å². The molecule has 0 bridgehead atoms. The van der Waals surface area contributed by atoms with Gasteiger partial charge in [-0.25, -0.2) is 0 Å². The van der Waals surface area contributed by atoms with Crippen molar-refractivity contribution in [2.45, 2.75) is 44.7 Å². The zero-order chi connectivity index (χ0) is 14.8. The van der Waals surface area contributed by atoms with Crippen LogP contribution in [-0.2, 0) is 0 Å². The molecule has 0 saturated carbocycles. The summed E-state index contributed by atoms with van der Waals surface area (Å²) in [6, 6.07) is 5.51. The van der Waals surface area contributed by atoms with Crippen molar-refractivity contribution in [3.05, 3.63) is 33.8 Å². The lowest BCUT2D eigenvalue weighted by molar-refractivity contribution is 0.0840. The van der Waals surface area contributed by atoms with Crippen molar-refractivity contribution in [2.75, 3.05) is 13.1 Å². The van der Waals surface area contributed by atoms with Crippen LogP contribution in [0.25, 0.3) is 0 Å². The Hall–Kier alpha value is -0.320. The number of hydrazine groups is 1. The molecule has 3 N–H and O–H groups in total. The maximum absolute atomic E-state index is 6.37. The van der Waals surface area contributed by atoms with Gasteiger partial charge in [0.25, 0.3) is 0 Å². The van der Waals surface area contributed by atoms with Crippen LogP contribution in [-0.4, -0.2) is 23.5 Å². The summed E-state index contributed by atoms with van der Waals surface area (Å²) in [5, 5.41) is 1.39. The first kappa shape index (κ1) is 16.1. The highest BCUT2D eigenvalue weighted by molar-refractivity contribution is 6.33. The number of likely N-dealkylation sites (tertiary alicyclic amines) is 1. The number of nitrogens with zero attached hydrogens (tertiary/aromatic N) is 1. The van der Waals surface area contributed by atoms with Crippen LogP contribution < -0.4 is 11.3 Å². The molecule has 1 heterocycles. The third-order valence-electron chi connectivity index (χ3n) is 4.60. The molecule has 0 aromatic heterocycles. The molecular weight excluding hydrogens is 293 g/mol. The average molecular weight is 316 g/mol. The van der Waals surface area contributed by atoms with Crippen LogP contribution in [0.2, 0.25) is 10.0 Å². The van der Waals surface area contributed by atoms with Gasteiger partial charge in [0, 0.05) is 15.6 Å². The third-order valence-corrected chi connectivity index (χ3v) is 5.18. The van der Waals surface area contributed by atoms with Crippen molar-refractivity contribution < 1.29 is 0 Å². The highest BCUT2D eigenvalue weighted by atomic mass is 35.5. The van der Waals surface area contributed by atoms with E-state index in [4.69, 9.17) is 29.0 Å². The number of nitrogens with one attached hydrogen (secondary N) is 1. The van der Waals surface area contributed by atoms with E-state index < -0.39 is 0 Å². The van der Waals surface area contributed by atoms with Crippen molar-refractivity contribution in [1.29, 1.82) is 0 Å². The highest BCUT2D eigenvalue weighted by Crippen LogP contribution is 2.39. The topological polar surface area (TPSA) is 41.3 Å². The van der Waals surface area contributed by atoms with Crippen LogP contribution in [0.1, 0.15) is 44.7 Å². The van der Waals surface area contributed by atoms with Gasteiger partial charge in [0.05, 0.1) is 6.04 Å². The lowest BCUT2D eigenvalue weighted by Crippen LogP contribution is -2.54. The fourth-order valence-electron chi connectivity index (χ4n) is 3.18. The van der Waals surface area contributed by atoms with E-state index in [0.29, 0.717) is 10.0 Å². The Balaban J connectivity index is 2.40. The van der Waals surface area contributed by atoms with Crippen LogP contribution >= 0.6 is 23.2 Å². The summed E-state index contributed by atoms with van der Waals surface area (Å²) >= 11 is 12.5. The Labute approximate surface area is 131 Å². The molecule has 2 unspecified atom stereocenters. The molecule has 2 rings (SSSR count). The molecule has 1 aliphatic rings. The molecule has 1 aliphatic heterocycles. The van der Waals surface area contributed by atoms with Gasteiger partial charge in [-0.1, -0.05) is 30.1 Å². The fraction of sp³-hybridized carbons (Fsp3) is 0.600.